The van der Waals surface area contributed by atoms with Gasteiger partial charge in [0.2, 0.25) is 0 Å². The number of benzene rings is 1. The van der Waals surface area contributed by atoms with Crippen LogP contribution < -0.4 is 5.32 Å². The molecule has 0 bridgehead atoms. The molecule has 2 fully saturated rings. The van der Waals surface area contributed by atoms with Crippen LogP contribution in [0.25, 0.3) is 11.1 Å². The summed E-state index contributed by atoms with van der Waals surface area (Å²) in [5.41, 5.74) is 1.60. The van der Waals surface area contributed by atoms with E-state index in [-0.39, 0.29) is 5.91 Å². The molecule has 0 spiro atoms. The topological polar surface area (TPSA) is 94.3 Å². The average molecular weight is 414 g/mol. The van der Waals surface area contributed by atoms with Gasteiger partial charge in [-0.1, -0.05) is 23.9 Å². The van der Waals surface area contributed by atoms with E-state index >= 15 is 0 Å². The fourth-order valence-electron chi connectivity index (χ4n) is 4.08. The van der Waals surface area contributed by atoms with Gasteiger partial charge in [-0.3, -0.25) is 10.1 Å². The lowest BCUT2D eigenvalue weighted by atomic mass is 10.1. The van der Waals surface area contributed by atoms with Gasteiger partial charge in [0.05, 0.1) is 0 Å². The van der Waals surface area contributed by atoms with Crippen molar-refractivity contribution >= 4 is 40.8 Å². The van der Waals surface area contributed by atoms with Crippen LogP contribution in [0.15, 0.2) is 38.9 Å². The lowest BCUT2D eigenvalue weighted by molar-refractivity contribution is -0.127. The van der Waals surface area contributed by atoms with Gasteiger partial charge >= 0.3 is 6.03 Å². The minimum absolute atomic E-state index is 0.289. The van der Waals surface area contributed by atoms with E-state index in [1.54, 1.807) is 7.05 Å². The summed E-state index contributed by atoms with van der Waals surface area (Å²) in [7, 11) is 1.68. The molecule has 0 aliphatic carbocycles. The third-order valence-electron chi connectivity index (χ3n) is 5.56. The minimum atomic E-state index is -0.502. The molecule has 1 aromatic carbocycles. The number of imide groups is 1. The fraction of sp³-hybridized carbons (Fsp3) is 0.474. The van der Waals surface area contributed by atoms with Crippen LogP contribution in [0, 0.1) is 0 Å². The number of aromatic nitrogens is 1. The monoisotopic (exact) mass is 414 g/mol. The number of rotatable bonds is 4. The lowest BCUT2D eigenvalue weighted by Gasteiger charge is -2.37. The van der Waals surface area contributed by atoms with Crippen LogP contribution in [0.2, 0.25) is 0 Å². The zero-order chi connectivity index (χ0) is 20.0. The number of guanidine groups is 1. The van der Waals surface area contributed by atoms with Crippen molar-refractivity contribution in [3.63, 3.8) is 0 Å². The van der Waals surface area contributed by atoms with Crippen molar-refractivity contribution in [1.82, 2.24) is 25.0 Å². The molecule has 3 aliphatic heterocycles. The molecule has 1 N–H and O–H groups in total. The van der Waals surface area contributed by atoms with Crippen molar-refractivity contribution in [2.24, 2.45) is 4.99 Å². The summed E-state index contributed by atoms with van der Waals surface area (Å²) in [6.07, 6.45) is 1.74. The van der Waals surface area contributed by atoms with E-state index in [2.05, 4.69) is 15.2 Å². The lowest BCUT2D eigenvalue weighted by Crippen LogP contribution is -2.64. The molecular weight excluding hydrogens is 392 g/mol. The molecule has 3 aliphatic rings. The maximum Gasteiger partial charge on any atom is 0.325 e. The number of thioether (sulfide) groups is 1. The summed E-state index contributed by atoms with van der Waals surface area (Å²) in [6.45, 7) is 2.45. The number of nitrogens with one attached hydrogen (secondary N) is 1. The quantitative estimate of drug-likeness (QED) is 0.759. The van der Waals surface area contributed by atoms with E-state index < -0.39 is 18.2 Å². The Kier molecular flexibility index (Phi) is 4.57. The third-order valence-corrected chi connectivity index (χ3v) is 6.37. The third kappa shape index (κ3) is 3.21. The van der Waals surface area contributed by atoms with Gasteiger partial charge in [-0.05, 0) is 25.0 Å². The van der Waals surface area contributed by atoms with Gasteiger partial charge in [-0.15, -0.1) is 0 Å². The highest BCUT2D eigenvalue weighted by Gasteiger charge is 2.49. The van der Waals surface area contributed by atoms with Gasteiger partial charge in [0.25, 0.3) is 11.1 Å². The highest BCUT2D eigenvalue weighted by Crippen LogP contribution is 2.29. The highest BCUT2D eigenvalue weighted by atomic mass is 32.2. The molecule has 2 unspecified atom stereocenters. The predicted octanol–water partition coefficient (Wildman–Crippen LogP) is 1.56. The van der Waals surface area contributed by atoms with Gasteiger partial charge in [0, 0.05) is 32.4 Å². The van der Waals surface area contributed by atoms with Gasteiger partial charge in [0.1, 0.15) is 5.52 Å². The fourth-order valence-corrected chi connectivity index (χ4v) is 4.85. The van der Waals surface area contributed by atoms with Crippen molar-refractivity contribution in [2.45, 2.75) is 30.3 Å². The summed E-state index contributed by atoms with van der Waals surface area (Å²) in [5.74, 6) is 1.21. The summed E-state index contributed by atoms with van der Waals surface area (Å²) < 4.78 is 5.78. The molecule has 9 nitrogen and oxygen atoms in total. The minimum Gasteiger partial charge on any atom is -0.431 e. The van der Waals surface area contributed by atoms with Gasteiger partial charge in [0.15, 0.2) is 23.8 Å². The SMILES string of the molecule is CN1C(=O)NC(=O)C2C1N=C(N1CCCC1)N2CCSc1nc2ccccc2o1. The van der Waals surface area contributed by atoms with Crippen LogP contribution in [-0.2, 0) is 4.79 Å². The first-order valence-electron chi connectivity index (χ1n) is 9.77. The standard InChI is InChI=1S/C19H22N6O3S/c1-23-15-14(16(26)22-18(23)27)25(17(21-15)24-8-4-5-9-24)10-11-29-19-20-12-6-2-3-7-13(12)28-19/h2-3,6-7,14-15H,4-5,8-11H2,1H3,(H,22,26,27). The molecule has 0 saturated carbocycles. The summed E-state index contributed by atoms with van der Waals surface area (Å²) in [4.78, 5) is 39.7. The number of hydrogen-bond acceptors (Lipinski definition) is 8. The summed E-state index contributed by atoms with van der Waals surface area (Å²) in [6, 6.07) is 6.77. The van der Waals surface area contributed by atoms with Crippen molar-refractivity contribution in [1.29, 1.82) is 0 Å². The second kappa shape index (κ2) is 7.25. The first-order chi connectivity index (χ1) is 14.1. The molecule has 10 heteroatoms. The van der Waals surface area contributed by atoms with E-state index in [1.165, 1.54) is 16.7 Å². The van der Waals surface area contributed by atoms with E-state index in [1.807, 2.05) is 29.2 Å². The number of likely N-dealkylation sites (tertiary alicyclic amines) is 1. The molecule has 2 aromatic rings. The van der Waals surface area contributed by atoms with E-state index in [0.29, 0.717) is 17.5 Å². The molecule has 0 radical (unpaired) electrons. The van der Waals surface area contributed by atoms with Crippen LogP contribution in [0.4, 0.5) is 4.79 Å². The van der Waals surface area contributed by atoms with Crippen molar-refractivity contribution < 1.29 is 14.0 Å². The number of likely N-dealkylation sites (N-methyl/N-ethyl adjacent to an activating group) is 1. The number of aliphatic imine (C=N–C) groups is 1. The number of carbonyl (C=O) groups is 2. The Morgan fingerprint density at radius 3 is 2.83 bits per heavy atom. The van der Waals surface area contributed by atoms with E-state index in [0.717, 1.165) is 43.0 Å². The van der Waals surface area contributed by atoms with Crippen LogP contribution in [0.3, 0.4) is 0 Å². The second-order valence-corrected chi connectivity index (χ2v) is 8.42. The second-order valence-electron chi connectivity index (χ2n) is 7.38. The van der Waals surface area contributed by atoms with E-state index in [9.17, 15) is 9.59 Å². The van der Waals surface area contributed by atoms with Crippen LogP contribution in [-0.4, -0.2) is 82.2 Å². The van der Waals surface area contributed by atoms with Crippen LogP contribution >= 0.6 is 11.8 Å². The zero-order valence-electron chi connectivity index (χ0n) is 16.1. The summed E-state index contributed by atoms with van der Waals surface area (Å²) >= 11 is 1.51. The van der Waals surface area contributed by atoms with E-state index in [4.69, 9.17) is 9.41 Å². The van der Waals surface area contributed by atoms with Crippen molar-refractivity contribution in [3.05, 3.63) is 24.3 Å². The number of urea groups is 1. The number of oxazole rings is 1. The molecule has 152 valence electrons. The number of carbonyl (C=O) groups excluding carboxylic acids is 2. The molecule has 2 atom stereocenters. The van der Waals surface area contributed by atoms with Gasteiger partial charge in [-0.2, -0.15) is 0 Å². The Hall–Kier alpha value is -2.75. The number of hydrogen-bond donors (Lipinski definition) is 1. The maximum atomic E-state index is 12.6. The smallest absolute Gasteiger partial charge is 0.325 e. The molecule has 4 heterocycles. The molecule has 29 heavy (non-hydrogen) atoms. The summed E-state index contributed by atoms with van der Waals surface area (Å²) in [5, 5.41) is 3.06. The number of nitrogens with zero attached hydrogens (tertiary/aromatic N) is 5. The Balaban J connectivity index is 1.34. The molecule has 1 aromatic heterocycles. The molecule has 2 saturated heterocycles. The predicted molar refractivity (Wildman–Crippen MR) is 109 cm³/mol. The molecule has 3 amide bonds. The number of amides is 3. The molecular formula is C19H22N6O3S. The Morgan fingerprint density at radius 1 is 1.24 bits per heavy atom. The Bertz CT molecular complexity index is 952. The first kappa shape index (κ1) is 18.3. The Labute approximate surface area is 172 Å². The first-order valence-corrected chi connectivity index (χ1v) is 10.8. The number of fused-ring (bicyclic) bond motifs is 2. The zero-order valence-corrected chi connectivity index (χ0v) is 16.9. The van der Waals surface area contributed by atoms with Crippen molar-refractivity contribution in [2.75, 3.05) is 32.4 Å². The van der Waals surface area contributed by atoms with Crippen LogP contribution in [0.5, 0.6) is 0 Å². The highest BCUT2D eigenvalue weighted by molar-refractivity contribution is 7.99. The Morgan fingerprint density at radius 2 is 2.03 bits per heavy atom. The maximum absolute atomic E-state index is 12.6. The average Bonchev–Trinajstić information content (AvgIpc) is 3.44. The van der Waals surface area contributed by atoms with Gasteiger partial charge < -0.3 is 19.1 Å². The van der Waals surface area contributed by atoms with Crippen LogP contribution in [0.1, 0.15) is 12.8 Å². The normalized spacial score (nSPS) is 24.3. The molecule has 5 rings (SSSR count). The largest absolute Gasteiger partial charge is 0.431 e. The number of para-hydroxylation sites is 2. The van der Waals surface area contributed by atoms with Crippen molar-refractivity contribution in [3.8, 4) is 0 Å². The van der Waals surface area contributed by atoms with Gasteiger partial charge in [-0.25, -0.2) is 14.8 Å².